The molecule has 3 heteroatoms. The molecule has 0 amide bonds. The topological polar surface area (TPSA) is 15.3 Å². The predicted molar refractivity (Wildman–Crippen MR) is 85.9 cm³/mol. The van der Waals surface area contributed by atoms with Gasteiger partial charge >= 0.3 is 0 Å². The predicted octanol–water partition coefficient (Wildman–Crippen LogP) is 4.51. The SMILES string of the molecule is CCCNC(C)c1cccc(F)c1N(C)C(CC)CC. The first kappa shape index (κ1) is 17.0. The summed E-state index contributed by atoms with van der Waals surface area (Å²) in [7, 11) is 2.01. The second-order valence-electron chi connectivity index (χ2n) is 5.43. The lowest BCUT2D eigenvalue weighted by Gasteiger charge is -2.32. The van der Waals surface area contributed by atoms with Crippen LogP contribution in [0.2, 0.25) is 0 Å². The van der Waals surface area contributed by atoms with Crippen molar-refractivity contribution in [2.24, 2.45) is 0 Å². The molecular weight excluding hydrogens is 251 g/mol. The van der Waals surface area contributed by atoms with Crippen LogP contribution >= 0.6 is 0 Å². The highest BCUT2D eigenvalue weighted by molar-refractivity contribution is 5.56. The zero-order chi connectivity index (χ0) is 15.1. The Morgan fingerprint density at radius 2 is 1.85 bits per heavy atom. The van der Waals surface area contributed by atoms with Crippen LogP contribution in [0.3, 0.4) is 0 Å². The molecule has 1 aromatic rings. The zero-order valence-electron chi connectivity index (χ0n) is 13.5. The summed E-state index contributed by atoms with van der Waals surface area (Å²) in [6, 6.07) is 5.94. The van der Waals surface area contributed by atoms with E-state index >= 15 is 0 Å². The van der Waals surface area contributed by atoms with E-state index in [1.807, 2.05) is 13.1 Å². The quantitative estimate of drug-likeness (QED) is 0.753. The van der Waals surface area contributed by atoms with Crippen molar-refractivity contribution in [3.05, 3.63) is 29.6 Å². The van der Waals surface area contributed by atoms with Crippen molar-refractivity contribution in [2.45, 2.75) is 59.0 Å². The second kappa shape index (κ2) is 8.25. The number of para-hydroxylation sites is 1. The third-order valence-electron chi connectivity index (χ3n) is 4.03. The molecule has 1 aromatic carbocycles. The first-order valence-electron chi connectivity index (χ1n) is 7.81. The third-order valence-corrected chi connectivity index (χ3v) is 4.03. The van der Waals surface area contributed by atoms with Gasteiger partial charge in [-0.05, 0) is 44.4 Å². The Morgan fingerprint density at radius 1 is 1.20 bits per heavy atom. The van der Waals surface area contributed by atoms with Crippen LogP contribution in [0, 0.1) is 5.82 Å². The highest BCUT2D eigenvalue weighted by atomic mass is 19.1. The number of hydrogen-bond acceptors (Lipinski definition) is 2. The molecule has 1 rings (SSSR count). The third kappa shape index (κ3) is 3.95. The van der Waals surface area contributed by atoms with Crippen molar-refractivity contribution in [1.82, 2.24) is 5.32 Å². The Bertz CT molecular complexity index is 402. The van der Waals surface area contributed by atoms with E-state index in [1.54, 1.807) is 12.1 Å². The maximum absolute atomic E-state index is 14.3. The van der Waals surface area contributed by atoms with Crippen LogP contribution in [-0.2, 0) is 0 Å². The average Bonchev–Trinajstić information content (AvgIpc) is 2.45. The lowest BCUT2D eigenvalue weighted by atomic mass is 10.0. The van der Waals surface area contributed by atoms with Gasteiger partial charge in [0.05, 0.1) is 5.69 Å². The standard InChI is InChI=1S/C17H29FN2/c1-6-12-19-13(4)15-10-9-11-16(18)17(15)20(5)14(7-2)8-3/h9-11,13-14,19H,6-8,12H2,1-5H3. The van der Waals surface area contributed by atoms with E-state index in [0.717, 1.165) is 37.1 Å². The lowest BCUT2D eigenvalue weighted by molar-refractivity contribution is 0.539. The van der Waals surface area contributed by atoms with E-state index in [4.69, 9.17) is 0 Å². The van der Waals surface area contributed by atoms with Crippen LogP contribution in [0.15, 0.2) is 18.2 Å². The molecule has 0 saturated heterocycles. The number of benzene rings is 1. The number of hydrogen-bond donors (Lipinski definition) is 1. The smallest absolute Gasteiger partial charge is 0.146 e. The van der Waals surface area contributed by atoms with Gasteiger partial charge in [0.25, 0.3) is 0 Å². The van der Waals surface area contributed by atoms with Crippen LogP contribution in [0.4, 0.5) is 10.1 Å². The van der Waals surface area contributed by atoms with Crippen LogP contribution < -0.4 is 10.2 Å². The van der Waals surface area contributed by atoms with Gasteiger partial charge in [0.1, 0.15) is 5.82 Å². The number of nitrogens with one attached hydrogen (secondary N) is 1. The highest BCUT2D eigenvalue weighted by Crippen LogP contribution is 2.31. The molecule has 0 radical (unpaired) electrons. The summed E-state index contributed by atoms with van der Waals surface area (Å²) >= 11 is 0. The number of rotatable bonds is 8. The summed E-state index contributed by atoms with van der Waals surface area (Å²) < 4.78 is 14.3. The molecule has 1 N–H and O–H groups in total. The molecule has 1 atom stereocenters. The lowest BCUT2D eigenvalue weighted by Crippen LogP contribution is -2.33. The Labute approximate surface area is 123 Å². The van der Waals surface area contributed by atoms with Gasteiger partial charge in [-0.1, -0.05) is 32.9 Å². The van der Waals surface area contributed by atoms with Gasteiger partial charge in [0.15, 0.2) is 0 Å². The van der Waals surface area contributed by atoms with Crippen molar-refractivity contribution < 1.29 is 4.39 Å². The molecule has 20 heavy (non-hydrogen) atoms. The van der Waals surface area contributed by atoms with Crippen LogP contribution in [0.25, 0.3) is 0 Å². The molecule has 0 fully saturated rings. The fourth-order valence-corrected chi connectivity index (χ4v) is 2.74. The largest absolute Gasteiger partial charge is 0.369 e. The maximum atomic E-state index is 14.3. The normalized spacial score (nSPS) is 12.8. The Kier molecular flexibility index (Phi) is 7.00. The minimum Gasteiger partial charge on any atom is -0.369 e. The maximum Gasteiger partial charge on any atom is 0.146 e. The van der Waals surface area contributed by atoms with Gasteiger partial charge in [0.2, 0.25) is 0 Å². The summed E-state index contributed by atoms with van der Waals surface area (Å²) in [5, 5.41) is 3.45. The van der Waals surface area contributed by atoms with E-state index in [9.17, 15) is 4.39 Å². The summed E-state index contributed by atoms with van der Waals surface area (Å²) in [5.41, 5.74) is 1.80. The first-order valence-corrected chi connectivity index (χ1v) is 7.81. The Morgan fingerprint density at radius 3 is 2.40 bits per heavy atom. The Hall–Kier alpha value is -1.09. The van der Waals surface area contributed by atoms with Gasteiger partial charge in [-0.25, -0.2) is 4.39 Å². The van der Waals surface area contributed by atoms with Gasteiger partial charge < -0.3 is 10.2 Å². The second-order valence-corrected chi connectivity index (χ2v) is 5.43. The molecule has 0 spiro atoms. The van der Waals surface area contributed by atoms with E-state index in [0.29, 0.717) is 6.04 Å². The summed E-state index contributed by atoms with van der Waals surface area (Å²) in [4.78, 5) is 2.11. The minimum absolute atomic E-state index is 0.123. The summed E-state index contributed by atoms with van der Waals surface area (Å²) in [6.07, 6.45) is 3.13. The molecule has 0 saturated carbocycles. The molecule has 1 unspecified atom stereocenters. The van der Waals surface area contributed by atoms with Crippen LogP contribution in [0.1, 0.15) is 58.6 Å². The Balaban J connectivity index is 3.10. The molecule has 0 aliphatic heterocycles. The zero-order valence-corrected chi connectivity index (χ0v) is 13.5. The van der Waals surface area contributed by atoms with Gasteiger partial charge in [-0.3, -0.25) is 0 Å². The van der Waals surface area contributed by atoms with Gasteiger partial charge in [0, 0.05) is 19.1 Å². The van der Waals surface area contributed by atoms with E-state index < -0.39 is 0 Å². The van der Waals surface area contributed by atoms with Crippen molar-refractivity contribution >= 4 is 5.69 Å². The average molecular weight is 280 g/mol. The van der Waals surface area contributed by atoms with Crippen LogP contribution in [0.5, 0.6) is 0 Å². The van der Waals surface area contributed by atoms with E-state index in [1.165, 1.54) is 0 Å². The number of halogens is 1. The summed E-state index contributed by atoms with van der Waals surface area (Å²) in [5.74, 6) is -0.123. The first-order chi connectivity index (χ1) is 9.56. The number of anilines is 1. The van der Waals surface area contributed by atoms with Crippen molar-refractivity contribution in [2.75, 3.05) is 18.5 Å². The molecule has 0 aliphatic carbocycles. The van der Waals surface area contributed by atoms with Crippen molar-refractivity contribution in [3.8, 4) is 0 Å². The van der Waals surface area contributed by atoms with E-state index in [-0.39, 0.29) is 11.9 Å². The van der Waals surface area contributed by atoms with Crippen LogP contribution in [-0.4, -0.2) is 19.6 Å². The molecule has 0 bridgehead atoms. The molecule has 114 valence electrons. The van der Waals surface area contributed by atoms with Crippen molar-refractivity contribution in [3.63, 3.8) is 0 Å². The van der Waals surface area contributed by atoms with Gasteiger partial charge in [-0.2, -0.15) is 0 Å². The van der Waals surface area contributed by atoms with Gasteiger partial charge in [-0.15, -0.1) is 0 Å². The fourth-order valence-electron chi connectivity index (χ4n) is 2.74. The molecular formula is C17H29FN2. The summed E-state index contributed by atoms with van der Waals surface area (Å²) in [6.45, 7) is 9.51. The molecule has 2 nitrogen and oxygen atoms in total. The molecule has 0 aliphatic rings. The minimum atomic E-state index is -0.123. The highest BCUT2D eigenvalue weighted by Gasteiger charge is 2.20. The molecule has 0 heterocycles. The molecule has 0 aromatic heterocycles. The fraction of sp³-hybridized carbons (Fsp3) is 0.647. The number of nitrogens with zero attached hydrogens (tertiary/aromatic N) is 1. The van der Waals surface area contributed by atoms with E-state index in [2.05, 4.69) is 37.9 Å². The van der Waals surface area contributed by atoms with Crippen molar-refractivity contribution in [1.29, 1.82) is 0 Å². The monoisotopic (exact) mass is 280 g/mol.